The van der Waals surface area contributed by atoms with Gasteiger partial charge in [-0.15, -0.1) is 0 Å². The van der Waals surface area contributed by atoms with Gasteiger partial charge in [-0.2, -0.15) is 18.3 Å². The Labute approximate surface area is 216 Å². The Bertz CT molecular complexity index is 1310. The lowest BCUT2D eigenvalue weighted by atomic mass is 10.1. The molecule has 2 aromatic carbocycles. The van der Waals surface area contributed by atoms with E-state index in [0.29, 0.717) is 12.1 Å². The number of aromatic carboxylic acids is 1. The SMILES string of the molecule is C[C@H](NC(=O)c1c(C(F)(F)F)nn2c1N(Cc1cccc(COCCO)c1)CC2)c1ccc(C(=O)O)cc1. The molecule has 0 unspecified atom stereocenters. The van der Waals surface area contributed by atoms with Crippen LogP contribution in [-0.4, -0.2) is 51.6 Å². The average molecular weight is 533 g/mol. The highest BCUT2D eigenvalue weighted by Gasteiger charge is 2.44. The van der Waals surface area contributed by atoms with Gasteiger partial charge < -0.3 is 25.2 Å². The molecule has 0 radical (unpaired) electrons. The van der Waals surface area contributed by atoms with E-state index in [9.17, 15) is 22.8 Å². The van der Waals surface area contributed by atoms with Crippen LogP contribution >= 0.6 is 0 Å². The molecule has 0 saturated heterocycles. The number of carboxylic acid groups (broad SMARTS) is 1. The number of hydrogen-bond acceptors (Lipinski definition) is 6. The number of hydrogen-bond donors (Lipinski definition) is 3. The van der Waals surface area contributed by atoms with Gasteiger partial charge in [-0.25, -0.2) is 9.48 Å². The summed E-state index contributed by atoms with van der Waals surface area (Å²) < 4.78 is 48.4. The summed E-state index contributed by atoms with van der Waals surface area (Å²) in [6.45, 7) is 2.79. The number of ether oxygens (including phenoxy) is 1. The molecule has 3 aromatic rings. The first-order valence-electron chi connectivity index (χ1n) is 11.9. The molecule has 12 heteroatoms. The minimum absolute atomic E-state index is 0.0563. The highest BCUT2D eigenvalue weighted by Crippen LogP contribution is 2.38. The molecule has 2 heterocycles. The maximum atomic E-state index is 13.9. The topological polar surface area (TPSA) is 117 Å². The van der Waals surface area contributed by atoms with E-state index < -0.39 is 35.4 Å². The molecule has 0 bridgehead atoms. The van der Waals surface area contributed by atoms with Crippen LogP contribution in [0.2, 0.25) is 0 Å². The average Bonchev–Trinajstić information content (AvgIpc) is 3.45. The molecule has 202 valence electrons. The van der Waals surface area contributed by atoms with Crippen molar-refractivity contribution in [1.82, 2.24) is 15.1 Å². The zero-order chi connectivity index (χ0) is 27.4. The molecule has 4 rings (SSSR count). The van der Waals surface area contributed by atoms with Crippen molar-refractivity contribution in [2.24, 2.45) is 0 Å². The number of halogens is 3. The van der Waals surface area contributed by atoms with Crippen molar-refractivity contribution in [2.75, 3.05) is 24.7 Å². The number of carboxylic acids is 1. The van der Waals surface area contributed by atoms with E-state index >= 15 is 0 Å². The second-order valence-corrected chi connectivity index (χ2v) is 8.91. The summed E-state index contributed by atoms with van der Waals surface area (Å²) in [4.78, 5) is 26.0. The number of alkyl halides is 3. The third kappa shape index (κ3) is 5.97. The van der Waals surface area contributed by atoms with Gasteiger partial charge in [0.15, 0.2) is 5.69 Å². The molecule has 1 aromatic heterocycles. The zero-order valence-electron chi connectivity index (χ0n) is 20.5. The predicted octanol–water partition coefficient (Wildman–Crippen LogP) is 3.62. The normalized spacial score (nSPS) is 13.9. The fourth-order valence-corrected chi connectivity index (χ4v) is 4.37. The summed E-state index contributed by atoms with van der Waals surface area (Å²) in [5.41, 5.74) is 0.455. The number of carbonyl (C=O) groups is 2. The monoisotopic (exact) mass is 532 g/mol. The zero-order valence-corrected chi connectivity index (χ0v) is 20.5. The van der Waals surface area contributed by atoms with E-state index in [0.717, 1.165) is 11.1 Å². The largest absolute Gasteiger partial charge is 0.478 e. The lowest BCUT2D eigenvalue weighted by molar-refractivity contribution is -0.141. The number of aliphatic hydroxyl groups is 1. The van der Waals surface area contributed by atoms with Crippen molar-refractivity contribution in [2.45, 2.75) is 38.8 Å². The molecule has 1 atom stereocenters. The van der Waals surface area contributed by atoms with Gasteiger partial charge in [0.05, 0.1) is 38.0 Å². The molecule has 1 aliphatic rings. The third-order valence-electron chi connectivity index (χ3n) is 6.18. The van der Waals surface area contributed by atoms with Crippen molar-refractivity contribution >= 4 is 17.7 Å². The minimum Gasteiger partial charge on any atom is -0.478 e. The minimum atomic E-state index is -4.84. The maximum Gasteiger partial charge on any atom is 0.436 e. The first kappa shape index (κ1) is 27.1. The Kier molecular flexibility index (Phi) is 8.02. The second-order valence-electron chi connectivity index (χ2n) is 8.91. The molecule has 3 N–H and O–H groups in total. The number of aromatic nitrogens is 2. The van der Waals surface area contributed by atoms with Crippen LogP contribution in [0, 0.1) is 0 Å². The number of nitrogens with one attached hydrogen (secondary N) is 1. The number of anilines is 1. The molecule has 1 aliphatic heterocycles. The fourth-order valence-electron chi connectivity index (χ4n) is 4.37. The van der Waals surface area contributed by atoms with Crippen molar-refractivity contribution in [3.05, 3.63) is 82.0 Å². The summed E-state index contributed by atoms with van der Waals surface area (Å²) in [6, 6.07) is 12.4. The molecule has 1 amide bonds. The first-order valence-corrected chi connectivity index (χ1v) is 11.9. The summed E-state index contributed by atoms with van der Waals surface area (Å²) in [6.07, 6.45) is -4.84. The van der Waals surface area contributed by atoms with Gasteiger partial charge in [-0.3, -0.25) is 4.79 Å². The Hall–Kier alpha value is -3.90. The van der Waals surface area contributed by atoms with Crippen LogP contribution < -0.4 is 10.2 Å². The molecule has 0 saturated carbocycles. The van der Waals surface area contributed by atoms with E-state index in [-0.39, 0.29) is 44.3 Å². The Morgan fingerprint density at radius 3 is 2.50 bits per heavy atom. The predicted molar refractivity (Wildman–Crippen MR) is 131 cm³/mol. The number of amides is 1. The van der Waals surface area contributed by atoms with Crippen LogP contribution in [0.5, 0.6) is 0 Å². The molecular formula is C26H27F3N4O5. The van der Waals surface area contributed by atoms with Crippen molar-refractivity contribution in [3.8, 4) is 0 Å². The number of benzene rings is 2. The van der Waals surface area contributed by atoms with Gasteiger partial charge in [-0.1, -0.05) is 36.4 Å². The van der Waals surface area contributed by atoms with E-state index in [1.54, 1.807) is 11.8 Å². The van der Waals surface area contributed by atoms with Crippen LogP contribution in [0.25, 0.3) is 0 Å². The number of rotatable bonds is 10. The highest BCUT2D eigenvalue weighted by atomic mass is 19.4. The van der Waals surface area contributed by atoms with Crippen LogP contribution in [0.4, 0.5) is 19.0 Å². The molecule has 0 spiro atoms. The van der Waals surface area contributed by atoms with E-state index in [2.05, 4.69) is 10.4 Å². The van der Waals surface area contributed by atoms with Gasteiger partial charge in [-0.05, 0) is 35.7 Å². The summed E-state index contributed by atoms with van der Waals surface area (Å²) in [5, 5.41) is 24.3. The molecule has 9 nitrogen and oxygen atoms in total. The van der Waals surface area contributed by atoms with Gasteiger partial charge in [0.25, 0.3) is 5.91 Å². The van der Waals surface area contributed by atoms with Crippen molar-refractivity contribution in [1.29, 1.82) is 0 Å². The summed E-state index contributed by atoms with van der Waals surface area (Å²) >= 11 is 0. The fraction of sp³-hybridized carbons (Fsp3) is 0.346. The lowest BCUT2D eigenvalue weighted by Gasteiger charge is -2.21. The highest BCUT2D eigenvalue weighted by molar-refractivity contribution is 6.01. The Balaban J connectivity index is 1.59. The summed E-state index contributed by atoms with van der Waals surface area (Å²) in [7, 11) is 0. The third-order valence-corrected chi connectivity index (χ3v) is 6.18. The lowest BCUT2D eigenvalue weighted by Crippen LogP contribution is -2.31. The Morgan fingerprint density at radius 2 is 1.84 bits per heavy atom. The molecule has 38 heavy (non-hydrogen) atoms. The van der Waals surface area contributed by atoms with Gasteiger partial charge >= 0.3 is 12.1 Å². The standard InChI is InChI=1S/C26H27F3N4O5/c1-16(19-5-7-20(8-6-19)25(36)37)30-23(35)21-22(26(27,28)29)31-33-10-9-32(24(21)33)14-17-3-2-4-18(13-17)15-38-12-11-34/h2-8,13,16,34H,9-12,14-15H2,1H3,(H,30,35)(H,36,37)/t16-/m0/s1. The number of aliphatic hydroxyl groups excluding tert-OH is 1. The summed E-state index contributed by atoms with van der Waals surface area (Å²) in [5.74, 6) is -1.95. The molecule has 0 aliphatic carbocycles. The van der Waals surface area contributed by atoms with Crippen LogP contribution in [0.15, 0.2) is 48.5 Å². The van der Waals surface area contributed by atoms with Crippen molar-refractivity contribution < 1.29 is 37.7 Å². The van der Waals surface area contributed by atoms with Crippen LogP contribution in [-0.2, 0) is 30.6 Å². The van der Waals surface area contributed by atoms with E-state index in [1.165, 1.54) is 28.9 Å². The first-order chi connectivity index (χ1) is 18.1. The van der Waals surface area contributed by atoms with Gasteiger partial charge in [0.2, 0.25) is 0 Å². The van der Waals surface area contributed by atoms with Gasteiger partial charge in [0, 0.05) is 13.1 Å². The van der Waals surface area contributed by atoms with E-state index in [4.69, 9.17) is 14.9 Å². The van der Waals surface area contributed by atoms with Crippen LogP contribution in [0.1, 0.15) is 56.1 Å². The van der Waals surface area contributed by atoms with Crippen molar-refractivity contribution in [3.63, 3.8) is 0 Å². The number of nitrogens with zero attached hydrogens (tertiary/aromatic N) is 3. The Morgan fingerprint density at radius 1 is 1.13 bits per heavy atom. The maximum absolute atomic E-state index is 13.9. The molecule has 0 fully saturated rings. The quantitative estimate of drug-likeness (QED) is 0.342. The van der Waals surface area contributed by atoms with E-state index in [1.807, 2.05) is 24.3 Å². The second kappa shape index (κ2) is 11.2. The smallest absolute Gasteiger partial charge is 0.436 e. The number of carbonyl (C=O) groups excluding carboxylic acids is 1. The molecular weight excluding hydrogens is 505 g/mol. The number of fused-ring (bicyclic) bond motifs is 1. The van der Waals surface area contributed by atoms with Gasteiger partial charge in [0.1, 0.15) is 11.4 Å². The van der Waals surface area contributed by atoms with Crippen LogP contribution in [0.3, 0.4) is 0 Å².